The highest BCUT2D eigenvalue weighted by atomic mass is 19.4. The van der Waals surface area contributed by atoms with Crippen LogP contribution in [-0.2, 0) is 12.6 Å². The Morgan fingerprint density at radius 3 is 2.04 bits per heavy atom. The Morgan fingerprint density at radius 2 is 1.52 bits per heavy atom. The molecule has 1 aromatic carbocycles. The maximum absolute atomic E-state index is 13.0. The minimum atomic E-state index is -4.36. The third-order valence-electron chi connectivity index (χ3n) is 4.18. The molecule has 1 nitrogen and oxygen atoms in total. The summed E-state index contributed by atoms with van der Waals surface area (Å²) in [5.41, 5.74) is 0.398. The van der Waals surface area contributed by atoms with Gasteiger partial charge in [0, 0.05) is 0 Å². The van der Waals surface area contributed by atoms with Crippen molar-refractivity contribution in [1.29, 1.82) is 5.26 Å². The normalized spacial score (nSPS) is 11.5. The predicted molar refractivity (Wildman–Crippen MR) is 87.2 cm³/mol. The lowest BCUT2D eigenvalue weighted by molar-refractivity contribution is -0.138. The third-order valence-corrected chi connectivity index (χ3v) is 4.18. The van der Waals surface area contributed by atoms with E-state index >= 15 is 0 Å². The standard InChI is InChI=1S/C19H26F3N/c1-3-4-5-6-7-8-9-10-11-16-13-18(19(20,21)22)15(2)12-17(16)14-23/h12-13H,3-11H2,1-2H3. The van der Waals surface area contributed by atoms with Crippen molar-refractivity contribution in [3.05, 3.63) is 34.4 Å². The van der Waals surface area contributed by atoms with Gasteiger partial charge in [0.15, 0.2) is 0 Å². The molecule has 0 heterocycles. The second kappa shape index (κ2) is 9.60. The van der Waals surface area contributed by atoms with Crippen LogP contribution in [0.15, 0.2) is 12.1 Å². The van der Waals surface area contributed by atoms with Gasteiger partial charge in [-0.05, 0) is 43.0 Å². The minimum absolute atomic E-state index is 0.119. The van der Waals surface area contributed by atoms with E-state index in [-0.39, 0.29) is 5.56 Å². The molecule has 0 atom stereocenters. The number of unbranched alkanes of at least 4 members (excludes halogenated alkanes) is 7. The van der Waals surface area contributed by atoms with Crippen molar-refractivity contribution in [1.82, 2.24) is 0 Å². The van der Waals surface area contributed by atoms with Gasteiger partial charge in [-0.2, -0.15) is 18.4 Å². The van der Waals surface area contributed by atoms with Crippen molar-refractivity contribution in [3.63, 3.8) is 0 Å². The Hall–Kier alpha value is -1.50. The number of benzene rings is 1. The molecule has 0 unspecified atom stereocenters. The van der Waals surface area contributed by atoms with E-state index in [1.807, 2.05) is 6.07 Å². The molecule has 0 spiro atoms. The smallest absolute Gasteiger partial charge is 0.192 e. The Balaban J connectivity index is 2.54. The molecule has 1 rings (SSSR count). The van der Waals surface area contributed by atoms with Crippen LogP contribution in [0.3, 0.4) is 0 Å². The average Bonchev–Trinajstić information content (AvgIpc) is 2.49. The van der Waals surface area contributed by atoms with Gasteiger partial charge in [0.25, 0.3) is 0 Å². The fourth-order valence-corrected chi connectivity index (χ4v) is 2.82. The molecule has 1 aromatic rings. The Bertz CT molecular complexity index is 527. The van der Waals surface area contributed by atoms with Crippen LogP contribution in [0.4, 0.5) is 13.2 Å². The maximum atomic E-state index is 13.0. The number of nitriles is 1. The molecule has 0 saturated carbocycles. The van der Waals surface area contributed by atoms with Crippen molar-refractivity contribution in [3.8, 4) is 6.07 Å². The maximum Gasteiger partial charge on any atom is 0.416 e. The van der Waals surface area contributed by atoms with Crippen molar-refractivity contribution >= 4 is 0 Å². The number of rotatable bonds is 9. The molecule has 0 bridgehead atoms. The van der Waals surface area contributed by atoms with Gasteiger partial charge in [0.1, 0.15) is 0 Å². The molecule has 0 radical (unpaired) electrons. The predicted octanol–water partition coefficient (Wildman–Crippen LogP) is 6.57. The minimum Gasteiger partial charge on any atom is -0.192 e. The van der Waals surface area contributed by atoms with Crippen LogP contribution in [0.25, 0.3) is 0 Å². The molecule has 0 amide bonds. The molecule has 0 N–H and O–H groups in total. The second-order valence-corrected chi connectivity index (χ2v) is 6.16. The number of nitrogens with zero attached hydrogens (tertiary/aromatic N) is 1. The fourth-order valence-electron chi connectivity index (χ4n) is 2.82. The first-order chi connectivity index (χ1) is 10.9. The lowest BCUT2D eigenvalue weighted by atomic mass is 9.95. The molecule has 0 aromatic heterocycles. The summed E-state index contributed by atoms with van der Waals surface area (Å²) in [4.78, 5) is 0. The van der Waals surface area contributed by atoms with Crippen molar-refractivity contribution in [2.75, 3.05) is 0 Å². The zero-order valence-electron chi connectivity index (χ0n) is 14.1. The summed E-state index contributed by atoms with van der Waals surface area (Å²) in [5, 5.41) is 9.13. The zero-order valence-corrected chi connectivity index (χ0v) is 14.1. The van der Waals surface area contributed by atoms with Crippen LogP contribution in [0.5, 0.6) is 0 Å². The molecular formula is C19H26F3N. The molecule has 4 heteroatoms. The van der Waals surface area contributed by atoms with Crippen molar-refractivity contribution in [2.45, 2.75) is 77.8 Å². The first kappa shape index (κ1) is 19.5. The third kappa shape index (κ3) is 6.64. The van der Waals surface area contributed by atoms with Gasteiger partial charge in [0.05, 0.1) is 17.2 Å². The zero-order chi connectivity index (χ0) is 17.3. The summed E-state index contributed by atoms with van der Waals surface area (Å²) in [6.07, 6.45) is 5.34. The molecule has 23 heavy (non-hydrogen) atoms. The molecule has 0 aliphatic rings. The van der Waals surface area contributed by atoms with E-state index in [4.69, 9.17) is 5.26 Å². The number of alkyl halides is 3. The Morgan fingerprint density at radius 1 is 0.957 bits per heavy atom. The number of hydrogen-bond donors (Lipinski definition) is 0. The first-order valence-electron chi connectivity index (χ1n) is 8.51. The summed E-state index contributed by atoms with van der Waals surface area (Å²) in [7, 11) is 0. The summed E-state index contributed by atoms with van der Waals surface area (Å²) < 4.78 is 38.9. The van der Waals surface area contributed by atoms with E-state index in [0.29, 0.717) is 17.5 Å². The molecular weight excluding hydrogens is 299 g/mol. The quantitative estimate of drug-likeness (QED) is 0.471. The lowest BCUT2D eigenvalue weighted by Gasteiger charge is -2.13. The van der Waals surface area contributed by atoms with Gasteiger partial charge in [-0.15, -0.1) is 0 Å². The number of aryl methyl sites for hydroxylation is 2. The first-order valence-corrected chi connectivity index (χ1v) is 8.51. The van der Waals surface area contributed by atoms with Crippen molar-refractivity contribution < 1.29 is 13.2 Å². The van der Waals surface area contributed by atoms with E-state index in [1.54, 1.807) is 0 Å². The molecule has 0 saturated heterocycles. The van der Waals surface area contributed by atoms with E-state index < -0.39 is 11.7 Å². The van der Waals surface area contributed by atoms with E-state index in [0.717, 1.165) is 25.3 Å². The highest BCUT2D eigenvalue weighted by Crippen LogP contribution is 2.33. The topological polar surface area (TPSA) is 23.8 Å². The van der Waals surface area contributed by atoms with Crippen LogP contribution in [0, 0.1) is 18.3 Å². The highest BCUT2D eigenvalue weighted by molar-refractivity contribution is 5.45. The summed E-state index contributed by atoms with van der Waals surface area (Å²) in [5.74, 6) is 0. The van der Waals surface area contributed by atoms with Gasteiger partial charge in [-0.1, -0.05) is 51.9 Å². The Labute approximate surface area is 137 Å². The second-order valence-electron chi connectivity index (χ2n) is 6.16. The van der Waals surface area contributed by atoms with E-state index in [2.05, 4.69) is 6.92 Å². The molecule has 0 aliphatic heterocycles. The fraction of sp³-hybridized carbons (Fsp3) is 0.632. The highest BCUT2D eigenvalue weighted by Gasteiger charge is 2.33. The Kier molecular flexibility index (Phi) is 8.16. The summed E-state index contributed by atoms with van der Waals surface area (Å²) >= 11 is 0. The molecule has 0 aliphatic carbocycles. The van der Waals surface area contributed by atoms with Crippen LogP contribution in [-0.4, -0.2) is 0 Å². The van der Waals surface area contributed by atoms with Crippen LogP contribution in [0.1, 0.15) is 80.5 Å². The van der Waals surface area contributed by atoms with Crippen LogP contribution in [0.2, 0.25) is 0 Å². The largest absolute Gasteiger partial charge is 0.416 e. The SMILES string of the molecule is CCCCCCCCCCc1cc(C(F)(F)F)c(C)cc1C#N. The molecule has 0 fully saturated rings. The summed E-state index contributed by atoms with van der Waals surface area (Å²) in [6, 6.07) is 4.55. The monoisotopic (exact) mass is 325 g/mol. The summed E-state index contributed by atoms with van der Waals surface area (Å²) in [6.45, 7) is 3.59. The van der Waals surface area contributed by atoms with Crippen LogP contribution >= 0.6 is 0 Å². The van der Waals surface area contributed by atoms with Gasteiger partial charge in [0.2, 0.25) is 0 Å². The van der Waals surface area contributed by atoms with Crippen LogP contribution < -0.4 is 0 Å². The van der Waals surface area contributed by atoms with Gasteiger partial charge < -0.3 is 0 Å². The van der Waals surface area contributed by atoms with Gasteiger partial charge >= 0.3 is 6.18 Å². The average molecular weight is 325 g/mol. The number of hydrogen-bond acceptors (Lipinski definition) is 1. The van der Waals surface area contributed by atoms with Gasteiger partial charge in [-0.25, -0.2) is 0 Å². The van der Waals surface area contributed by atoms with E-state index in [9.17, 15) is 13.2 Å². The van der Waals surface area contributed by atoms with Crippen molar-refractivity contribution in [2.24, 2.45) is 0 Å². The lowest BCUT2D eigenvalue weighted by Crippen LogP contribution is -2.09. The van der Waals surface area contributed by atoms with Gasteiger partial charge in [-0.3, -0.25) is 0 Å². The number of halogens is 3. The van der Waals surface area contributed by atoms with E-state index in [1.165, 1.54) is 45.1 Å². The molecule has 128 valence electrons.